The lowest BCUT2D eigenvalue weighted by atomic mass is 9.92. The first kappa shape index (κ1) is 31.4. The molecule has 4 aromatic rings. The molecule has 1 fully saturated rings. The van der Waals surface area contributed by atoms with Crippen LogP contribution in [0.3, 0.4) is 0 Å². The van der Waals surface area contributed by atoms with Crippen LogP contribution in [0.2, 0.25) is 0 Å². The third-order valence-corrected chi connectivity index (χ3v) is 8.82. The number of alkyl halides is 3. The second-order valence-electron chi connectivity index (χ2n) is 11.8. The summed E-state index contributed by atoms with van der Waals surface area (Å²) in [5, 5.41) is 9.90. The van der Waals surface area contributed by atoms with Crippen molar-refractivity contribution in [2.75, 3.05) is 39.3 Å². The number of rotatable bonds is 8. The Labute approximate surface area is 264 Å². The fourth-order valence-electron chi connectivity index (χ4n) is 6.23. The van der Waals surface area contributed by atoms with Gasteiger partial charge in [-0.15, -0.1) is 0 Å². The Morgan fingerprint density at radius 1 is 1.09 bits per heavy atom. The molecule has 0 radical (unpaired) electrons. The van der Waals surface area contributed by atoms with Crippen LogP contribution < -0.4 is 4.74 Å². The molecule has 0 saturated carbocycles. The maximum Gasteiger partial charge on any atom is 0.418 e. The van der Waals surface area contributed by atoms with Gasteiger partial charge < -0.3 is 19.5 Å². The summed E-state index contributed by atoms with van der Waals surface area (Å²) in [6.07, 6.45) is 0.581. The van der Waals surface area contributed by atoms with Gasteiger partial charge in [0.2, 0.25) is 5.91 Å². The molecule has 1 unspecified atom stereocenters. The number of nitrogens with zero attached hydrogens (tertiary/aromatic N) is 7. The minimum absolute atomic E-state index is 0.0137. The molecule has 240 valence electrons. The first-order valence-corrected chi connectivity index (χ1v) is 15.5. The second kappa shape index (κ2) is 13.1. The van der Waals surface area contributed by atoms with Gasteiger partial charge in [-0.25, -0.2) is 4.98 Å². The van der Waals surface area contributed by atoms with Gasteiger partial charge >= 0.3 is 6.18 Å². The number of ether oxygens (including phenoxy) is 1. The van der Waals surface area contributed by atoms with Gasteiger partial charge in [-0.1, -0.05) is 13.8 Å². The van der Waals surface area contributed by atoms with Gasteiger partial charge in [-0.2, -0.15) is 18.4 Å². The number of halogens is 3. The molecule has 6 rings (SSSR count). The van der Waals surface area contributed by atoms with Crippen LogP contribution in [-0.4, -0.2) is 79.8 Å². The van der Waals surface area contributed by atoms with E-state index in [4.69, 9.17) is 4.74 Å². The van der Waals surface area contributed by atoms with Crippen LogP contribution in [0, 0.1) is 11.3 Å². The molecule has 4 aromatic heterocycles. The lowest BCUT2D eigenvalue weighted by Crippen LogP contribution is -2.45. The number of fused-ring (bicyclic) bond motifs is 2. The molecular weight excluding hydrogens is 597 g/mol. The van der Waals surface area contributed by atoms with E-state index in [0.717, 1.165) is 43.4 Å². The average molecular weight is 633 g/mol. The summed E-state index contributed by atoms with van der Waals surface area (Å²) in [6, 6.07) is 8.34. The predicted molar refractivity (Wildman–Crippen MR) is 164 cm³/mol. The summed E-state index contributed by atoms with van der Waals surface area (Å²) < 4.78 is 48.6. The van der Waals surface area contributed by atoms with E-state index < -0.39 is 11.7 Å². The number of aromatic nitrogens is 4. The van der Waals surface area contributed by atoms with Gasteiger partial charge in [0.15, 0.2) is 0 Å². The first-order chi connectivity index (χ1) is 22.1. The number of likely N-dealkylation sites (N-methyl/N-ethyl adjacent to an activating group) is 1. The number of piperazine rings is 1. The molecule has 2 aliphatic heterocycles. The Kier molecular flexibility index (Phi) is 8.93. The standard InChI is InChI=1S/C33H35F3N8O2/c1-3-22-18-44(19-23-13-25(17-40-31(22)23)46-29-5-6-38-32-26(29)14-24(15-37)41-32)30(45)12-21-11-27(33(34,35)36)28(39-16-21)20-43-9-7-42(4-2)8-10-43/h5-6,11,13-14,16-17,22H,3-4,7-10,12,18-20H2,1-2H3,(H,38,41). The van der Waals surface area contributed by atoms with Gasteiger partial charge in [-0.3, -0.25) is 19.7 Å². The number of pyridine rings is 3. The molecule has 10 nitrogen and oxygen atoms in total. The minimum atomic E-state index is -4.58. The van der Waals surface area contributed by atoms with E-state index in [2.05, 4.69) is 37.8 Å². The van der Waals surface area contributed by atoms with Crippen LogP contribution in [0.1, 0.15) is 60.0 Å². The quantitative estimate of drug-likeness (QED) is 0.280. The number of aromatic amines is 1. The predicted octanol–water partition coefficient (Wildman–Crippen LogP) is 5.25. The average Bonchev–Trinajstić information content (AvgIpc) is 3.49. The number of nitriles is 1. The van der Waals surface area contributed by atoms with Crippen molar-refractivity contribution in [1.29, 1.82) is 5.26 Å². The van der Waals surface area contributed by atoms with Crippen molar-refractivity contribution in [3.05, 3.63) is 76.6 Å². The van der Waals surface area contributed by atoms with E-state index in [0.29, 0.717) is 47.9 Å². The zero-order chi connectivity index (χ0) is 32.4. The fraction of sp³-hybridized carbons (Fsp3) is 0.424. The number of carbonyl (C=O) groups is 1. The maximum absolute atomic E-state index is 14.2. The molecule has 6 heterocycles. The van der Waals surface area contributed by atoms with Crippen molar-refractivity contribution in [3.8, 4) is 17.6 Å². The number of carbonyl (C=O) groups excluding carboxylic acids is 1. The van der Waals surface area contributed by atoms with E-state index >= 15 is 0 Å². The minimum Gasteiger partial charge on any atom is -0.455 e. The lowest BCUT2D eigenvalue weighted by molar-refractivity contribution is -0.139. The fourth-order valence-corrected chi connectivity index (χ4v) is 6.23. The third-order valence-electron chi connectivity index (χ3n) is 8.82. The molecule has 46 heavy (non-hydrogen) atoms. The molecule has 1 saturated heterocycles. The molecule has 1 amide bonds. The highest BCUT2D eigenvalue weighted by Crippen LogP contribution is 2.36. The van der Waals surface area contributed by atoms with Crippen LogP contribution >= 0.6 is 0 Å². The number of hydrogen-bond acceptors (Lipinski definition) is 8. The van der Waals surface area contributed by atoms with Crippen molar-refractivity contribution < 1.29 is 22.7 Å². The van der Waals surface area contributed by atoms with Gasteiger partial charge in [-0.05, 0) is 48.4 Å². The normalized spacial score (nSPS) is 17.6. The van der Waals surface area contributed by atoms with Gasteiger partial charge in [0, 0.05) is 64.1 Å². The van der Waals surface area contributed by atoms with Crippen LogP contribution in [0.25, 0.3) is 11.0 Å². The van der Waals surface area contributed by atoms with Crippen LogP contribution in [-0.2, 0) is 30.5 Å². The van der Waals surface area contributed by atoms with Crippen LogP contribution in [0.5, 0.6) is 11.5 Å². The number of amides is 1. The van der Waals surface area contributed by atoms with Crippen molar-refractivity contribution in [2.45, 2.75) is 51.9 Å². The Balaban J connectivity index is 1.18. The van der Waals surface area contributed by atoms with Gasteiger partial charge in [0.05, 0.1) is 35.0 Å². The summed E-state index contributed by atoms with van der Waals surface area (Å²) >= 11 is 0. The van der Waals surface area contributed by atoms with Crippen LogP contribution in [0.4, 0.5) is 13.2 Å². The number of hydrogen-bond donors (Lipinski definition) is 1. The van der Waals surface area contributed by atoms with E-state index in [1.165, 1.54) is 6.20 Å². The monoisotopic (exact) mass is 632 g/mol. The molecule has 0 spiro atoms. The van der Waals surface area contributed by atoms with Crippen LogP contribution in [0.15, 0.2) is 42.9 Å². The largest absolute Gasteiger partial charge is 0.455 e. The van der Waals surface area contributed by atoms with E-state index in [1.54, 1.807) is 29.4 Å². The molecule has 0 aromatic carbocycles. The van der Waals surface area contributed by atoms with E-state index in [1.807, 2.05) is 17.9 Å². The van der Waals surface area contributed by atoms with Crippen molar-refractivity contribution >= 4 is 16.9 Å². The van der Waals surface area contributed by atoms with Crippen molar-refractivity contribution in [3.63, 3.8) is 0 Å². The lowest BCUT2D eigenvalue weighted by Gasteiger charge is -2.34. The zero-order valence-corrected chi connectivity index (χ0v) is 25.8. The second-order valence-corrected chi connectivity index (χ2v) is 11.8. The summed E-state index contributed by atoms with van der Waals surface area (Å²) in [7, 11) is 0. The topological polar surface area (TPSA) is 114 Å². The summed E-state index contributed by atoms with van der Waals surface area (Å²) in [5.74, 6) is 0.651. The first-order valence-electron chi connectivity index (χ1n) is 15.5. The molecule has 0 bridgehead atoms. The van der Waals surface area contributed by atoms with Crippen molar-refractivity contribution in [2.24, 2.45) is 0 Å². The summed E-state index contributed by atoms with van der Waals surface area (Å²) in [6.45, 7) is 8.80. The van der Waals surface area contributed by atoms with Gasteiger partial charge in [0.1, 0.15) is 28.9 Å². The van der Waals surface area contributed by atoms with E-state index in [-0.39, 0.29) is 42.6 Å². The Bertz CT molecular complexity index is 1780. The smallest absolute Gasteiger partial charge is 0.418 e. The molecule has 1 atom stereocenters. The molecule has 2 aliphatic rings. The molecule has 13 heteroatoms. The number of nitrogens with one attached hydrogen (secondary N) is 1. The number of H-pyrrole nitrogens is 1. The SMILES string of the molecule is CCC1CN(C(=O)Cc2cnc(CN3CCN(CC)CC3)c(C(F)(F)F)c2)Cc2cc(Oc3ccnc4[nH]c(C#N)cc34)cnc21. The highest BCUT2D eigenvalue weighted by atomic mass is 19.4. The Morgan fingerprint density at radius 3 is 2.59 bits per heavy atom. The third kappa shape index (κ3) is 6.68. The molecule has 0 aliphatic carbocycles. The van der Waals surface area contributed by atoms with Crippen molar-refractivity contribution in [1.82, 2.24) is 34.6 Å². The Hall–Kier alpha value is -4.54. The van der Waals surface area contributed by atoms with E-state index in [9.17, 15) is 23.2 Å². The zero-order valence-electron chi connectivity index (χ0n) is 25.8. The Morgan fingerprint density at radius 2 is 1.87 bits per heavy atom. The summed E-state index contributed by atoms with van der Waals surface area (Å²) in [5.41, 5.74) is 2.00. The maximum atomic E-state index is 14.2. The van der Waals surface area contributed by atoms with Gasteiger partial charge in [0.25, 0.3) is 0 Å². The molecule has 1 N–H and O–H groups in total. The summed E-state index contributed by atoms with van der Waals surface area (Å²) in [4.78, 5) is 35.5. The highest BCUT2D eigenvalue weighted by molar-refractivity contribution is 5.84. The highest BCUT2D eigenvalue weighted by Gasteiger charge is 2.36. The molecular formula is C33H35F3N8O2.